The Morgan fingerprint density at radius 3 is 2.44 bits per heavy atom. The molecule has 1 amide bonds. The zero-order valence-electron chi connectivity index (χ0n) is 18.8. The molecule has 0 spiro atoms. The molecule has 32 heavy (non-hydrogen) atoms. The van der Waals surface area contributed by atoms with Crippen LogP contribution in [0.2, 0.25) is 0 Å². The average Bonchev–Trinajstić information content (AvgIpc) is 2.76. The minimum atomic E-state index is -0.722. The second-order valence-electron chi connectivity index (χ2n) is 8.18. The molecule has 1 N–H and O–H groups in total. The Morgan fingerprint density at radius 1 is 1.09 bits per heavy atom. The first-order valence-electron chi connectivity index (χ1n) is 11.4. The topological polar surface area (TPSA) is 60.0 Å². The molecule has 1 saturated heterocycles. The fourth-order valence-electron chi connectivity index (χ4n) is 4.45. The van der Waals surface area contributed by atoms with Crippen LogP contribution in [0.25, 0.3) is 0 Å². The summed E-state index contributed by atoms with van der Waals surface area (Å²) in [5, 5.41) is 3.08. The average molecular weight is 443 g/mol. The van der Waals surface area contributed by atoms with Gasteiger partial charge in [-0.3, -0.25) is 4.79 Å². The van der Waals surface area contributed by atoms with Crippen LogP contribution in [0, 0.1) is 5.82 Å². The van der Waals surface area contributed by atoms with E-state index in [0.29, 0.717) is 62.0 Å². The third-order valence-corrected chi connectivity index (χ3v) is 6.28. The molecule has 0 unspecified atom stereocenters. The molecule has 1 saturated carbocycles. The molecule has 0 aromatic heterocycles. The summed E-state index contributed by atoms with van der Waals surface area (Å²) in [6.07, 6.45) is 2.31. The van der Waals surface area contributed by atoms with Crippen LogP contribution in [0.15, 0.2) is 36.4 Å². The summed E-state index contributed by atoms with van der Waals surface area (Å²) in [6, 6.07) is 10.1. The van der Waals surface area contributed by atoms with Crippen LogP contribution < -0.4 is 19.7 Å². The number of ether oxygens (including phenoxy) is 3. The second kappa shape index (κ2) is 9.77. The van der Waals surface area contributed by atoms with Gasteiger partial charge in [-0.25, -0.2) is 4.39 Å². The number of carbonyl (C=O) groups excluding carboxylic acids is 1. The maximum absolute atomic E-state index is 13.9. The van der Waals surface area contributed by atoms with E-state index < -0.39 is 5.41 Å². The number of morpholine rings is 1. The number of benzene rings is 2. The summed E-state index contributed by atoms with van der Waals surface area (Å²) in [7, 11) is 0. The van der Waals surface area contributed by atoms with Gasteiger partial charge >= 0.3 is 0 Å². The van der Waals surface area contributed by atoms with Crippen LogP contribution in [-0.4, -0.2) is 45.4 Å². The Labute approximate surface area is 188 Å². The van der Waals surface area contributed by atoms with Crippen molar-refractivity contribution in [2.45, 2.75) is 38.5 Å². The van der Waals surface area contributed by atoms with Gasteiger partial charge < -0.3 is 24.4 Å². The molecule has 1 aliphatic heterocycles. The Kier molecular flexibility index (Phi) is 6.84. The summed E-state index contributed by atoms with van der Waals surface area (Å²) in [5.41, 5.74) is 1.49. The van der Waals surface area contributed by atoms with Crippen molar-refractivity contribution in [3.05, 3.63) is 47.8 Å². The predicted molar refractivity (Wildman–Crippen MR) is 122 cm³/mol. The van der Waals surface area contributed by atoms with Crippen molar-refractivity contribution in [3.63, 3.8) is 0 Å². The van der Waals surface area contributed by atoms with Gasteiger partial charge in [0.15, 0.2) is 0 Å². The molecule has 6 nitrogen and oxygen atoms in total. The molecule has 2 aromatic carbocycles. The summed E-state index contributed by atoms with van der Waals surface area (Å²) in [6.45, 7) is 7.66. The molecular formula is C25H31FN2O4. The Bertz CT molecular complexity index is 955. The number of nitrogens with zero attached hydrogens (tertiary/aromatic N) is 1. The summed E-state index contributed by atoms with van der Waals surface area (Å²) in [5.74, 6) is 0.822. The van der Waals surface area contributed by atoms with E-state index in [1.165, 1.54) is 12.1 Å². The van der Waals surface area contributed by atoms with E-state index in [2.05, 4.69) is 10.2 Å². The predicted octanol–water partition coefficient (Wildman–Crippen LogP) is 4.52. The van der Waals surface area contributed by atoms with Crippen LogP contribution >= 0.6 is 0 Å². The molecule has 4 rings (SSSR count). The SMILES string of the molecule is CCOc1cc(N2CCOCC2)c(OCC)cc1NC(=O)C1(c2cccc(F)c2)CCC1. The van der Waals surface area contributed by atoms with Gasteiger partial charge in [0.1, 0.15) is 17.3 Å². The molecule has 2 aliphatic rings. The van der Waals surface area contributed by atoms with Crippen molar-refractivity contribution in [1.29, 1.82) is 0 Å². The van der Waals surface area contributed by atoms with Gasteiger partial charge in [-0.15, -0.1) is 0 Å². The molecule has 0 bridgehead atoms. The first kappa shape index (κ1) is 22.4. The molecule has 7 heteroatoms. The van der Waals surface area contributed by atoms with E-state index in [9.17, 15) is 9.18 Å². The Hall–Kier alpha value is -2.80. The van der Waals surface area contributed by atoms with Crippen molar-refractivity contribution in [3.8, 4) is 11.5 Å². The van der Waals surface area contributed by atoms with E-state index in [1.807, 2.05) is 32.0 Å². The number of rotatable bonds is 8. The smallest absolute Gasteiger partial charge is 0.235 e. The van der Waals surface area contributed by atoms with Crippen LogP contribution in [0.3, 0.4) is 0 Å². The summed E-state index contributed by atoms with van der Waals surface area (Å²) in [4.78, 5) is 15.7. The molecule has 1 aliphatic carbocycles. The maximum atomic E-state index is 13.9. The van der Waals surface area contributed by atoms with Gasteiger partial charge in [0.05, 0.1) is 43.2 Å². The molecular weight excluding hydrogens is 411 g/mol. The third kappa shape index (κ3) is 4.39. The highest BCUT2D eigenvalue weighted by atomic mass is 19.1. The van der Waals surface area contributed by atoms with Gasteiger partial charge in [-0.2, -0.15) is 0 Å². The standard InChI is InChI=1S/C25H31FN2O4/c1-3-31-22-17-21(28-11-13-30-14-12-28)23(32-4-2)16-20(22)27-24(29)25(9-6-10-25)18-7-5-8-19(26)15-18/h5,7-8,15-17H,3-4,6,9-14H2,1-2H3,(H,27,29). The number of hydrogen-bond acceptors (Lipinski definition) is 5. The van der Waals surface area contributed by atoms with Crippen molar-refractivity contribution < 1.29 is 23.4 Å². The Morgan fingerprint density at radius 2 is 1.81 bits per heavy atom. The molecule has 0 radical (unpaired) electrons. The van der Waals surface area contributed by atoms with E-state index in [0.717, 1.165) is 25.2 Å². The molecule has 172 valence electrons. The van der Waals surface area contributed by atoms with Gasteiger partial charge in [-0.05, 0) is 44.4 Å². The van der Waals surface area contributed by atoms with E-state index in [1.54, 1.807) is 6.07 Å². The summed E-state index contributed by atoms with van der Waals surface area (Å²) < 4.78 is 31.2. The van der Waals surface area contributed by atoms with Crippen molar-refractivity contribution in [2.24, 2.45) is 0 Å². The molecule has 2 aromatic rings. The first-order chi connectivity index (χ1) is 15.6. The Balaban J connectivity index is 1.67. The molecule has 0 atom stereocenters. The van der Waals surface area contributed by atoms with Crippen LogP contribution in [0.1, 0.15) is 38.7 Å². The normalized spacial score (nSPS) is 17.4. The minimum absolute atomic E-state index is 0.142. The number of nitrogens with one attached hydrogen (secondary N) is 1. The lowest BCUT2D eigenvalue weighted by Gasteiger charge is -2.41. The van der Waals surface area contributed by atoms with Gasteiger partial charge in [-0.1, -0.05) is 18.6 Å². The lowest BCUT2D eigenvalue weighted by atomic mass is 9.63. The second-order valence-corrected chi connectivity index (χ2v) is 8.18. The van der Waals surface area contributed by atoms with Gasteiger partial charge in [0, 0.05) is 25.2 Å². The van der Waals surface area contributed by atoms with Gasteiger partial charge in [0.2, 0.25) is 5.91 Å². The molecule has 2 fully saturated rings. The number of hydrogen-bond donors (Lipinski definition) is 1. The number of amides is 1. The third-order valence-electron chi connectivity index (χ3n) is 6.28. The van der Waals surface area contributed by atoms with Crippen molar-refractivity contribution in [1.82, 2.24) is 0 Å². The van der Waals surface area contributed by atoms with Gasteiger partial charge in [0.25, 0.3) is 0 Å². The van der Waals surface area contributed by atoms with Crippen molar-refractivity contribution >= 4 is 17.3 Å². The zero-order chi connectivity index (χ0) is 22.6. The highest BCUT2D eigenvalue weighted by Crippen LogP contribution is 2.46. The van der Waals surface area contributed by atoms with E-state index in [-0.39, 0.29) is 11.7 Å². The fourth-order valence-corrected chi connectivity index (χ4v) is 4.45. The fraction of sp³-hybridized carbons (Fsp3) is 0.480. The zero-order valence-corrected chi connectivity index (χ0v) is 18.8. The van der Waals surface area contributed by atoms with Crippen LogP contribution in [-0.2, 0) is 14.9 Å². The largest absolute Gasteiger partial charge is 0.492 e. The van der Waals surface area contributed by atoms with Crippen LogP contribution in [0.4, 0.5) is 15.8 Å². The first-order valence-corrected chi connectivity index (χ1v) is 11.4. The maximum Gasteiger partial charge on any atom is 0.235 e. The monoisotopic (exact) mass is 442 g/mol. The highest BCUT2D eigenvalue weighted by molar-refractivity contribution is 6.01. The van der Waals surface area contributed by atoms with Crippen LogP contribution in [0.5, 0.6) is 11.5 Å². The van der Waals surface area contributed by atoms with Crippen molar-refractivity contribution in [2.75, 3.05) is 49.7 Å². The number of halogens is 1. The summed E-state index contributed by atoms with van der Waals surface area (Å²) >= 11 is 0. The van der Waals surface area contributed by atoms with E-state index in [4.69, 9.17) is 14.2 Å². The number of anilines is 2. The van der Waals surface area contributed by atoms with E-state index >= 15 is 0 Å². The lowest BCUT2D eigenvalue weighted by Crippen LogP contribution is -2.46. The lowest BCUT2D eigenvalue weighted by molar-refractivity contribution is -0.124. The molecule has 1 heterocycles. The minimum Gasteiger partial charge on any atom is -0.492 e. The highest BCUT2D eigenvalue weighted by Gasteiger charge is 2.46. The number of carbonyl (C=O) groups is 1. The quantitative estimate of drug-likeness (QED) is 0.651.